The van der Waals surface area contributed by atoms with Gasteiger partial charge < -0.3 is 16.4 Å². The quantitative estimate of drug-likeness (QED) is 0.766. The van der Waals surface area contributed by atoms with E-state index in [9.17, 15) is 9.59 Å². The molecule has 6 nitrogen and oxygen atoms in total. The second-order valence-corrected chi connectivity index (χ2v) is 4.40. The molecule has 0 saturated heterocycles. The summed E-state index contributed by atoms with van der Waals surface area (Å²) in [5, 5.41) is 9.03. The van der Waals surface area contributed by atoms with Crippen LogP contribution in [0.4, 0.5) is 0 Å². The van der Waals surface area contributed by atoms with Gasteiger partial charge in [-0.1, -0.05) is 18.2 Å². The number of primary amides is 1. The summed E-state index contributed by atoms with van der Waals surface area (Å²) >= 11 is 0. The maximum atomic E-state index is 12.1. The lowest BCUT2D eigenvalue weighted by atomic mass is 10.1. The average molecular weight is 274 g/mol. The highest BCUT2D eigenvalue weighted by molar-refractivity contribution is 5.87. The summed E-state index contributed by atoms with van der Waals surface area (Å²) in [5.74, 6) is -0.960. The number of rotatable bonds is 6. The summed E-state index contributed by atoms with van der Waals surface area (Å²) in [6.45, 7) is 2.53. The first-order valence-corrected chi connectivity index (χ1v) is 6.30. The summed E-state index contributed by atoms with van der Waals surface area (Å²) in [6.07, 6.45) is -0.185. The van der Waals surface area contributed by atoms with Crippen LogP contribution in [0, 0.1) is 11.3 Å². The van der Waals surface area contributed by atoms with Crippen molar-refractivity contribution >= 4 is 11.8 Å². The van der Waals surface area contributed by atoms with E-state index in [0.29, 0.717) is 12.1 Å². The summed E-state index contributed by atoms with van der Waals surface area (Å²) in [7, 11) is 0. The molecule has 0 aliphatic heterocycles. The van der Waals surface area contributed by atoms with Crippen molar-refractivity contribution in [3.63, 3.8) is 0 Å². The van der Waals surface area contributed by atoms with Gasteiger partial charge >= 0.3 is 0 Å². The number of likely N-dealkylation sites (N-methyl/N-ethyl adjacent to an activating group) is 1. The van der Waals surface area contributed by atoms with Gasteiger partial charge in [-0.05, 0) is 18.6 Å². The first kappa shape index (κ1) is 15.7. The van der Waals surface area contributed by atoms with Gasteiger partial charge in [0, 0.05) is 13.1 Å². The number of amides is 2. The highest BCUT2D eigenvalue weighted by Gasteiger charge is 2.22. The Kier molecular flexibility index (Phi) is 5.69. The predicted molar refractivity (Wildman–Crippen MR) is 74.0 cm³/mol. The van der Waals surface area contributed by atoms with Crippen LogP contribution in [0.5, 0.6) is 0 Å². The highest BCUT2D eigenvalue weighted by Crippen LogP contribution is 2.11. The monoisotopic (exact) mass is 274 g/mol. The Hall–Kier alpha value is -2.39. The SMILES string of the molecule is CCN(Cc1ccccc1C#N)C(=O)C(N)CC(N)=O. The van der Waals surface area contributed by atoms with Crippen LogP contribution in [0.1, 0.15) is 24.5 Å². The number of nitriles is 1. The number of nitrogens with zero attached hydrogens (tertiary/aromatic N) is 2. The molecule has 0 aromatic heterocycles. The van der Waals surface area contributed by atoms with Crippen LogP contribution in [0.2, 0.25) is 0 Å². The van der Waals surface area contributed by atoms with E-state index in [2.05, 4.69) is 6.07 Å². The van der Waals surface area contributed by atoms with Crippen molar-refractivity contribution in [2.45, 2.75) is 25.9 Å². The molecule has 1 rings (SSSR count). The van der Waals surface area contributed by atoms with E-state index >= 15 is 0 Å². The molecule has 0 heterocycles. The van der Waals surface area contributed by atoms with Gasteiger partial charge in [-0.2, -0.15) is 5.26 Å². The van der Waals surface area contributed by atoms with Gasteiger partial charge in [-0.25, -0.2) is 0 Å². The van der Waals surface area contributed by atoms with E-state index in [1.807, 2.05) is 6.92 Å². The molecular weight excluding hydrogens is 256 g/mol. The van der Waals surface area contributed by atoms with Crippen molar-refractivity contribution in [1.29, 1.82) is 5.26 Å². The molecule has 2 amide bonds. The average Bonchev–Trinajstić information content (AvgIpc) is 2.43. The van der Waals surface area contributed by atoms with Crippen molar-refractivity contribution in [2.75, 3.05) is 6.54 Å². The third-order valence-electron chi connectivity index (χ3n) is 2.93. The van der Waals surface area contributed by atoms with Gasteiger partial charge in [0.25, 0.3) is 0 Å². The molecule has 0 aliphatic rings. The summed E-state index contributed by atoms with van der Waals surface area (Å²) < 4.78 is 0. The second kappa shape index (κ2) is 7.26. The Morgan fingerprint density at radius 3 is 2.60 bits per heavy atom. The van der Waals surface area contributed by atoms with Gasteiger partial charge in [0.15, 0.2) is 0 Å². The van der Waals surface area contributed by atoms with E-state index in [1.54, 1.807) is 24.3 Å². The van der Waals surface area contributed by atoms with Crippen LogP contribution in [-0.2, 0) is 16.1 Å². The first-order valence-electron chi connectivity index (χ1n) is 6.30. The van der Waals surface area contributed by atoms with Crippen molar-refractivity contribution in [3.8, 4) is 6.07 Å². The molecule has 1 aromatic carbocycles. The van der Waals surface area contributed by atoms with Gasteiger partial charge in [-0.3, -0.25) is 9.59 Å². The molecule has 1 unspecified atom stereocenters. The molecule has 0 radical (unpaired) electrons. The predicted octanol–water partition coefficient (Wildman–Crippen LogP) is 0.109. The van der Waals surface area contributed by atoms with Crippen LogP contribution in [0.25, 0.3) is 0 Å². The Morgan fingerprint density at radius 2 is 2.05 bits per heavy atom. The number of hydrogen-bond acceptors (Lipinski definition) is 4. The van der Waals surface area contributed by atoms with E-state index in [1.165, 1.54) is 4.90 Å². The standard InChI is InChI=1S/C14H18N4O2/c1-2-18(14(20)12(16)7-13(17)19)9-11-6-4-3-5-10(11)8-15/h3-6,12H,2,7,9,16H2,1H3,(H2,17,19). The molecule has 1 aromatic rings. The number of carbonyl (C=O) groups is 2. The Morgan fingerprint density at radius 1 is 1.40 bits per heavy atom. The fourth-order valence-corrected chi connectivity index (χ4v) is 1.86. The van der Waals surface area contributed by atoms with Crippen molar-refractivity contribution in [1.82, 2.24) is 4.90 Å². The van der Waals surface area contributed by atoms with Crippen LogP contribution in [0.3, 0.4) is 0 Å². The zero-order chi connectivity index (χ0) is 15.1. The fraction of sp³-hybridized carbons (Fsp3) is 0.357. The largest absolute Gasteiger partial charge is 0.370 e. The lowest BCUT2D eigenvalue weighted by Crippen LogP contribution is -2.45. The van der Waals surface area contributed by atoms with E-state index in [4.69, 9.17) is 16.7 Å². The van der Waals surface area contributed by atoms with Gasteiger partial charge in [-0.15, -0.1) is 0 Å². The van der Waals surface area contributed by atoms with Crippen LogP contribution in [0.15, 0.2) is 24.3 Å². The summed E-state index contributed by atoms with van der Waals surface area (Å²) in [4.78, 5) is 24.4. The Bertz CT molecular complexity index is 536. The lowest BCUT2D eigenvalue weighted by Gasteiger charge is -2.24. The number of nitrogens with two attached hydrogens (primary N) is 2. The molecule has 6 heteroatoms. The lowest BCUT2D eigenvalue weighted by molar-refractivity contribution is -0.135. The highest BCUT2D eigenvalue weighted by atomic mass is 16.2. The minimum Gasteiger partial charge on any atom is -0.370 e. The van der Waals surface area contributed by atoms with Gasteiger partial charge in [0.1, 0.15) is 0 Å². The molecule has 1 atom stereocenters. The van der Waals surface area contributed by atoms with Gasteiger partial charge in [0.2, 0.25) is 11.8 Å². The summed E-state index contributed by atoms with van der Waals surface area (Å²) in [6, 6.07) is 8.18. The van der Waals surface area contributed by atoms with E-state index in [0.717, 1.165) is 5.56 Å². The zero-order valence-corrected chi connectivity index (χ0v) is 11.4. The third-order valence-corrected chi connectivity index (χ3v) is 2.93. The molecule has 0 spiro atoms. The number of hydrogen-bond donors (Lipinski definition) is 2. The zero-order valence-electron chi connectivity index (χ0n) is 11.4. The molecule has 0 bridgehead atoms. The minimum absolute atomic E-state index is 0.185. The molecular formula is C14H18N4O2. The normalized spacial score (nSPS) is 11.4. The van der Waals surface area contributed by atoms with Crippen molar-refractivity contribution in [3.05, 3.63) is 35.4 Å². The van der Waals surface area contributed by atoms with Crippen molar-refractivity contribution < 1.29 is 9.59 Å². The molecule has 0 saturated carbocycles. The maximum Gasteiger partial charge on any atom is 0.240 e. The van der Waals surface area contributed by atoms with Gasteiger partial charge in [0.05, 0.1) is 24.1 Å². The van der Waals surface area contributed by atoms with Crippen LogP contribution in [-0.4, -0.2) is 29.3 Å². The smallest absolute Gasteiger partial charge is 0.240 e. The minimum atomic E-state index is -0.943. The van der Waals surface area contributed by atoms with E-state index in [-0.39, 0.29) is 18.9 Å². The Labute approximate surface area is 118 Å². The second-order valence-electron chi connectivity index (χ2n) is 4.40. The third kappa shape index (κ3) is 4.07. The molecule has 0 fully saturated rings. The number of benzene rings is 1. The number of carbonyl (C=O) groups excluding carboxylic acids is 2. The molecule has 20 heavy (non-hydrogen) atoms. The molecule has 4 N–H and O–H groups in total. The fourth-order valence-electron chi connectivity index (χ4n) is 1.86. The van der Waals surface area contributed by atoms with Crippen LogP contribution < -0.4 is 11.5 Å². The molecule has 106 valence electrons. The van der Waals surface area contributed by atoms with E-state index < -0.39 is 11.9 Å². The topological polar surface area (TPSA) is 113 Å². The van der Waals surface area contributed by atoms with Crippen LogP contribution >= 0.6 is 0 Å². The summed E-state index contributed by atoms with van der Waals surface area (Å²) in [5.41, 5.74) is 12.0. The van der Waals surface area contributed by atoms with Crippen molar-refractivity contribution in [2.24, 2.45) is 11.5 Å². The molecule has 0 aliphatic carbocycles. The first-order chi connectivity index (χ1) is 9.49. The maximum absolute atomic E-state index is 12.1. The Balaban J connectivity index is 2.84.